The minimum atomic E-state index is -0.504. The predicted molar refractivity (Wildman–Crippen MR) is 64.9 cm³/mol. The van der Waals surface area contributed by atoms with Crippen LogP contribution in [0.25, 0.3) is 0 Å². The van der Waals surface area contributed by atoms with Gasteiger partial charge in [-0.2, -0.15) is 0 Å². The molecule has 0 aliphatic rings. The summed E-state index contributed by atoms with van der Waals surface area (Å²) < 4.78 is 0. The third kappa shape index (κ3) is 3.50. The summed E-state index contributed by atoms with van der Waals surface area (Å²) in [5, 5.41) is 11.0. The number of hydrogen-bond acceptors (Lipinski definition) is 4. The minimum Gasteiger partial charge on any atom is -0.287 e. The number of thioether (sulfide) groups is 1. The van der Waals surface area contributed by atoms with Crippen molar-refractivity contribution in [1.82, 2.24) is 0 Å². The number of nitro benzene ring substituents is 1. The molecule has 0 bridgehead atoms. The molecule has 1 rings (SSSR count). The molecule has 0 spiro atoms. The lowest BCUT2D eigenvalue weighted by Crippen LogP contribution is -2.02. The van der Waals surface area contributed by atoms with E-state index in [4.69, 9.17) is 11.6 Å². The molecule has 0 amide bonds. The number of carbonyl (C=O) groups is 1. The molecule has 0 aliphatic carbocycles. The highest BCUT2D eigenvalue weighted by molar-refractivity contribution is 8.13. The number of nitro groups is 1. The molecule has 1 aromatic carbocycles. The van der Waals surface area contributed by atoms with Gasteiger partial charge in [-0.05, 0) is 17.9 Å². The molecule has 4 nitrogen and oxygen atoms in total. The third-order valence-electron chi connectivity index (χ3n) is 1.88. The fourth-order valence-electron chi connectivity index (χ4n) is 1.24. The van der Waals surface area contributed by atoms with Crippen molar-refractivity contribution < 1.29 is 9.72 Å². The maximum atomic E-state index is 11.4. The largest absolute Gasteiger partial charge is 0.287 e. The fourth-order valence-corrected chi connectivity index (χ4v) is 2.02. The van der Waals surface area contributed by atoms with Crippen LogP contribution in [0.1, 0.15) is 12.5 Å². The van der Waals surface area contributed by atoms with E-state index in [1.807, 2.05) is 6.92 Å². The van der Waals surface area contributed by atoms with Crippen molar-refractivity contribution in [3.63, 3.8) is 0 Å². The molecule has 0 atom stereocenters. The molecule has 0 unspecified atom stereocenters. The summed E-state index contributed by atoms with van der Waals surface area (Å²) in [5.74, 6) is 0.660. The summed E-state index contributed by atoms with van der Waals surface area (Å²) in [6.07, 6.45) is 0.0371. The second kappa shape index (κ2) is 5.86. The van der Waals surface area contributed by atoms with E-state index in [1.165, 1.54) is 18.2 Å². The highest BCUT2D eigenvalue weighted by Gasteiger charge is 2.16. The quantitative estimate of drug-likeness (QED) is 0.616. The van der Waals surface area contributed by atoms with Crippen LogP contribution in [0.2, 0.25) is 5.02 Å². The van der Waals surface area contributed by atoms with Crippen LogP contribution in [0, 0.1) is 10.1 Å². The summed E-state index contributed by atoms with van der Waals surface area (Å²) in [5.41, 5.74) is 0.304. The third-order valence-corrected chi connectivity index (χ3v) is 2.87. The summed E-state index contributed by atoms with van der Waals surface area (Å²) >= 11 is 6.89. The topological polar surface area (TPSA) is 60.2 Å². The summed E-state index contributed by atoms with van der Waals surface area (Å²) in [6, 6.07) is 4.23. The van der Waals surface area contributed by atoms with Crippen molar-refractivity contribution in [2.24, 2.45) is 0 Å². The van der Waals surface area contributed by atoms with Gasteiger partial charge in [-0.15, -0.1) is 0 Å². The van der Waals surface area contributed by atoms with Crippen LogP contribution in [0.5, 0.6) is 0 Å². The van der Waals surface area contributed by atoms with Crippen LogP contribution in [-0.2, 0) is 11.2 Å². The molecule has 16 heavy (non-hydrogen) atoms. The van der Waals surface area contributed by atoms with Crippen molar-refractivity contribution in [2.45, 2.75) is 13.3 Å². The van der Waals surface area contributed by atoms with Gasteiger partial charge < -0.3 is 0 Å². The standard InChI is InChI=1S/C10H10ClNO3S/c1-2-16-10(13)6-7-5-8(11)3-4-9(7)12(14)15/h3-5H,2,6H2,1H3. The van der Waals surface area contributed by atoms with Gasteiger partial charge in [0, 0.05) is 23.1 Å². The number of hydrogen-bond donors (Lipinski definition) is 0. The van der Waals surface area contributed by atoms with E-state index in [9.17, 15) is 14.9 Å². The van der Waals surface area contributed by atoms with Crippen LogP contribution >= 0.6 is 23.4 Å². The van der Waals surface area contributed by atoms with Crippen molar-refractivity contribution in [3.05, 3.63) is 38.9 Å². The van der Waals surface area contributed by atoms with Crippen LogP contribution < -0.4 is 0 Å². The summed E-state index contributed by atoms with van der Waals surface area (Å²) in [7, 11) is 0. The number of rotatable bonds is 4. The number of benzene rings is 1. The summed E-state index contributed by atoms with van der Waals surface area (Å²) in [6.45, 7) is 1.86. The molecule has 0 saturated carbocycles. The lowest BCUT2D eigenvalue weighted by atomic mass is 10.1. The first-order chi connectivity index (χ1) is 7.54. The van der Waals surface area contributed by atoms with Crippen molar-refractivity contribution in [2.75, 3.05) is 5.75 Å². The Morgan fingerprint density at radius 1 is 1.56 bits per heavy atom. The van der Waals surface area contributed by atoms with Crippen LogP contribution in [0.15, 0.2) is 18.2 Å². The van der Waals surface area contributed by atoms with E-state index < -0.39 is 4.92 Å². The van der Waals surface area contributed by atoms with E-state index in [0.29, 0.717) is 16.3 Å². The second-order valence-corrected chi connectivity index (χ2v) is 4.77. The van der Waals surface area contributed by atoms with Gasteiger partial charge in [0.1, 0.15) is 0 Å². The molecular formula is C10H10ClNO3S. The van der Waals surface area contributed by atoms with Crippen molar-refractivity contribution >= 4 is 34.2 Å². The molecular weight excluding hydrogens is 250 g/mol. The van der Waals surface area contributed by atoms with Crippen molar-refractivity contribution in [1.29, 1.82) is 0 Å². The lowest BCUT2D eigenvalue weighted by molar-refractivity contribution is -0.385. The van der Waals surface area contributed by atoms with E-state index in [-0.39, 0.29) is 17.2 Å². The Morgan fingerprint density at radius 3 is 2.81 bits per heavy atom. The van der Waals surface area contributed by atoms with Gasteiger partial charge in [-0.25, -0.2) is 0 Å². The Labute approximate surface area is 102 Å². The Hall–Kier alpha value is -1.07. The first-order valence-electron chi connectivity index (χ1n) is 4.63. The first-order valence-corrected chi connectivity index (χ1v) is 5.99. The number of carbonyl (C=O) groups excluding carboxylic acids is 1. The van der Waals surface area contributed by atoms with Crippen LogP contribution in [0.3, 0.4) is 0 Å². The maximum absolute atomic E-state index is 11.4. The number of nitrogens with zero attached hydrogens (tertiary/aromatic N) is 1. The Balaban J connectivity index is 2.96. The molecule has 0 fully saturated rings. The zero-order valence-electron chi connectivity index (χ0n) is 8.60. The Kier molecular flexibility index (Phi) is 4.76. The first kappa shape index (κ1) is 13.0. The SMILES string of the molecule is CCSC(=O)Cc1cc(Cl)ccc1[N+](=O)[O-]. The Bertz CT molecular complexity index is 423. The smallest absolute Gasteiger partial charge is 0.273 e. The molecule has 0 N–H and O–H groups in total. The Morgan fingerprint density at radius 2 is 2.25 bits per heavy atom. The molecule has 0 aliphatic heterocycles. The van der Waals surface area contributed by atoms with Gasteiger partial charge >= 0.3 is 0 Å². The molecule has 86 valence electrons. The lowest BCUT2D eigenvalue weighted by Gasteiger charge is -2.02. The monoisotopic (exact) mass is 259 g/mol. The zero-order chi connectivity index (χ0) is 12.1. The highest BCUT2D eigenvalue weighted by atomic mass is 35.5. The minimum absolute atomic E-state index is 0.0371. The van der Waals surface area contributed by atoms with E-state index >= 15 is 0 Å². The number of halogens is 1. The molecule has 0 saturated heterocycles. The fraction of sp³-hybridized carbons (Fsp3) is 0.300. The van der Waals surface area contributed by atoms with Gasteiger partial charge in [0.25, 0.3) is 5.69 Å². The summed E-state index contributed by atoms with van der Waals surface area (Å²) in [4.78, 5) is 21.6. The van der Waals surface area contributed by atoms with Gasteiger partial charge in [-0.3, -0.25) is 14.9 Å². The van der Waals surface area contributed by atoms with Crippen molar-refractivity contribution in [3.8, 4) is 0 Å². The molecule has 0 radical (unpaired) electrons. The van der Waals surface area contributed by atoms with Gasteiger partial charge in [0.2, 0.25) is 0 Å². The molecule has 0 aromatic heterocycles. The van der Waals surface area contributed by atoms with E-state index in [1.54, 1.807) is 0 Å². The molecule has 0 heterocycles. The molecule has 6 heteroatoms. The average molecular weight is 260 g/mol. The maximum Gasteiger partial charge on any atom is 0.273 e. The second-order valence-electron chi connectivity index (χ2n) is 3.01. The van der Waals surface area contributed by atoms with E-state index in [0.717, 1.165) is 11.8 Å². The van der Waals surface area contributed by atoms with Gasteiger partial charge in [0.15, 0.2) is 5.12 Å². The van der Waals surface area contributed by atoms with E-state index in [2.05, 4.69) is 0 Å². The van der Waals surface area contributed by atoms with Gasteiger partial charge in [0.05, 0.1) is 4.92 Å². The van der Waals surface area contributed by atoms with Crippen LogP contribution in [0.4, 0.5) is 5.69 Å². The zero-order valence-corrected chi connectivity index (χ0v) is 10.2. The normalized spacial score (nSPS) is 10.1. The molecule has 1 aromatic rings. The highest BCUT2D eigenvalue weighted by Crippen LogP contribution is 2.24. The van der Waals surface area contributed by atoms with Gasteiger partial charge in [-0.1, -0.05) is 30.3 Å². The van der Waals surface area contributed by atoms with Crippen LogP contribution in [-0.4, -0.2) is 15.8 Å². The predicted octanol–water partition coefficient (Wildman–Crippen LogP) is 3.07. The average Bonchev–Trinajstić information content (AvgIpc) is 2.17.